The van der Waals surface area contributed by atoms with Gasteiger partial charge in [-0.2, -0.15) is 0 Å². The van der Waals surface area contributed by atoms with Crippen molar-refractivity contribution in [2.45, 2.75) is 32.9 Å². The molecule has 0 spiro atoms. The van der Waals surface area contributed by atoms with E-state index >= 15 is 0 Å². The van der Waals surface area contributed by atoms with Crippen LogP contribution in [0, 0.1) is 12.7 Å². The van der Waals surface area contributed by atoms with Crippen LogP contribution in [-0.4, -0.2) is 11.9 Å². The predicted molar refractivity (Wildman–Crippen MR) is 78.3 cm³/mol. The van der Waals surface area contributed by atoms with Gasteiger partial charge in [0.25, 0.3) is 0 Å². The number of nitrogens with one attached hydrogen (secondary N) is 1. The van der Waals surface area contributed by atoms with Gasteiger partial charge in [0.1, 0.15) is 17.2 Å². The molecule has 0 aliphatic rings. The largest absolute Gasteiger partial charge is 0.459 e. The predicted octanol–water partition coefficient (Wildman–Crippen LogP) is 2.66. The van der Waals surface area contributed by atoms with Crippen molar-refractivity contribution in [2.24, 2.45) is 5.73 Å². The van der Waals surface area contributed by atoms with Gasteiger partial charge in [-0.3, -0.25) is 4.79 Å². The molecule has 2 rings (SSSR count). The maximum atomic E-state index is 13.2. The van der Waals surface area contributed by atoms with Crippen LogP contribution in [-0.2, 0) is 11.3 Å². The van der Waals surface area contributed by atoms with Gasteiger partial charge in [-0.15, -0.1) is 12.4 Å². The third kappa shape index (κ3) is 3.71. The molecule has 1 atom stereocenters. The zero-order chi connectivity index (χ0) is 14.0. The Hall–Kier alpha value is -1.59. The van der Waals surface area contributed by atoms with Crippen LogP contribution in [0.25, 0.3) is 11.0 Å². The van der Waals surface area contributed by atoms with E-state index in [0.29, 0.717) is 11.3 Å². The second kappa shape index (κ2) is 6.72. The SMILES string of the molecule is Cc1c(CNC(=O)CC(C)N)oc2ccc(F)cc12.Cl. The fourth-order valence-corrected chi connectivity index (χ4v) is 1.96. The summed E-state index contributed by atoms with van der Waals surface area (Å²) in [4.78, 5) is 11.5. The lowest BCUT2D eigenvalue weighted by Gasteiger charge is -2.06. The van der Waals surface area contributed by atoms with Crippen LogP contribution in [0.2, 0.25) is 0 Å². The Morgan fingerprint density at radius 1 is 1.50 bits per heavy atom. The molecule has 4 nitrogen and oxygen atoms in total. The number of benzene rings is 1. The van der Waals surface area contributed by atoms with Gasteiger partial charge in [-0.1, -0.05) is 0 Å². The van der Waals surface area contributed by atoms with Gasteiger partial charge in [0.2, 0.25) is 5.91 Å². The molecule has 20 heavy (non-hydrogen) atoms. The number of furan rings is 1. The topological polar surface area (TPSA) is 68.3 Å². The number of aryl methyl sites for hydroxylation is 1. The van der Waals surface area contributed by atoms with E-state index in [4.69, 9.17) is 10.2 Å². The molecule has 110 valence electrons. The third-order valence-electron chi connectivity index (χ3n) is 2.95. The lowest BCUT2D eigenvalue weighted by Crippen LogP contribution is -2.29. The van der Waals surface area contributed by atoms with Crippen LogP contribution in [0.5, 0.6) is 0 Å². The van der Waals surface area contributed by atoms with Crippen molar-refractivity contribution < 1.29 is 13.6 Å². The van der Waals surface area contributed by atoms with Crippen LogP contribution in [0.1, 0.15) is 24.7 Å². The molecule has 0 aliphatic heterocycles. The number of fused-ring (bicyclic) bond motifs is 1. The molecular formula is C14H18ClFN2O2. The first kappa shape index (κ1) is 16.5. The zero-order valence-electron chi connectivity index (χ0n) is 11.4. The van der Waals surface area contributed by atoms with Crippen molar-refractivity contribution >= 4 is 29.3 Å². The molecule has 0 saturated heterocycles. The van der Waals surface area contributed by atoms with E-state index in [9.17, 15) is 9.18 Å². The van der Waals surface area contributed by atoms with Crippen LogP contribution in [0.3, 0.4) is 0 Å². The number of carbonyl (C=O) groups excluding carboxylic acids is 1. The number of hydrogen-bond donors (Lipinski definition) is 2. The Kier molecular flexibility index (Phi) is 5.53. The lowest BCUT2D eigenvalue weighted by molar-refractivity contribution is -0.121. The number of rotatable bonds is 4. The van der Waals surface area contributed by atoms with Crippen molar-refractivity contribution in [3.05, 3.63) is 35.3 Å². The maximum Gasteiger partial charge on any atom is 0.221 e. The van der Waals surface area contributed by atoms with Crippen molar-refractivity contribution in [1.82, 2.24) is 5.32 Å². The fraction of sp³-hybridized carbons (Fsp3) is 0.357. The number of nitrogens with two attached hydrogens (primary N) is 1. The molecule has 1 amide bonds. The summed E-state index contributed by atoms with van der Waals surface area (Å²) in [5.41, 5.74) is 7.01. The monoisotopic (exact) mass is 300 g/mol. The summed E-state index contributed by atoms with van der Waals surface area (Å²) in [6.45, 7) is 3.90. The Bertz CT molecular complexity index is 610. The average Bonchev–Trinajstić information content (AvgIpc) is 2.63. The number of amides is 1. The Labute approximate surface area is 122 Å². The molecule has 1 unspecified atom stereocenters. The highest BCUT2D eigenvalue weighted by molar-refractivity contribution is 5.85. The minimum Gasteiger partial charge on any atom is -0.459 e. The highest BCUT2D eigenvalue weighted by atomic mass is 35.5. The average molecular weight is 301 g/mol. The molecule has 0 radical (unpaired) electrons. The molecule has 6 heteroatoms. The lowest BCUT2D eigenvalue weighted by atomic mass is 10.1. The van der Waals surface area contributed by atoms with Crippen LogP contribution < -0.4 is 11.1 Å². The van der Waals surface area contributed by atoms with Crippen molar-refractivity contribution in [3.63, 3.8) is 0 Å². The minimum absolute atomic E-state index is 0. The number of hydrogen-bond acceptors (Lipinski definition) is 3. The van der Waals surface area contributed by atoms with Gasteiger partial charge in [0, 0.05) is 23.4 Å². The molecule has 0 aliphatic carbocycles. The summed E-state index contributed by atoms with van der Waals surface area (Å²) in [5, 5.41) is 3.47. The Morgan fingerprint density at radius 2 is 2.20 bits per heavy atom. The van der Waals surface area contributed by atoms with E-state index in [0.717, 1.165) is 10.9 Å². The number of halogens is 2. The normalized spacial score (nSPS) is 12.0. The van der Waals surface area contributed by atoms with Gasteiger partial charge in [0.05, 0.1) is 6.54 Å². The number of carbonyl (C=O) groups is 1. The second-order valence-corrected chi connectivity index (χ2v) is 4.75. The van der Waals surface area contributed by atoms with E-state index < -0.39 is 0 Å². The van der Waals surface area contributed by atoms with E-state index in [1.54, 1.807) is 13.0 Å². The van der Waals surface area contributed by atoms with Crippen LogP contribution >= 0.6 is 12.4 Å². The van der Waals surface area contributed by atoms with Gasteiger partial charge >= 0.3 is 0 Å². The summed E-state index contributed by atoms with van der Waals surface area (Å²) >= 11 is 0. The Morgan fingerprint density at radius 3 is 2.85 bits per heavy atom. The maximum absolute atomic E-state index is 13.2. The first-order valence-electron chi connectivity index (χ1n) is 6.17. The highest BCUT2D eigenvalue weighted by Crippen LogP contribution is 2.25. The summed E-state index contributed by atoms with van der Waals surface area (Å²) in [5.74, 6) is 0.212. The third-order valence-corrected chi connectivity index (χ3v) is 2.95. The quantitative estimate of drug-likeness (QED) is 0.912. The summed E-state index contributed by atoms with van der Waals surface area (Å²) < 4.78 is 18.8. The molecule has 2 aromatic rings. The van der Waals surface area contributed by atoms with E-state index in [2.05, 4.69) is 5.32 Å². The first-order valence-corrected chi connectivity index (χ1v) is 6.17. The van der Waals surface area contributed by atoms with Crippen molar-refractivity contribution in [2.75, 3.05) is 0 Å². The summed E-state index contributed by atoms with van der Waals surface area (Å²) in [7, 11) is 0. The molecule has 3 N–H and O–H groups in total. The molecule has 1 aromatic carbocycles. The van der Waals surface area contributed by atoms with Crippen LogP contribution in [0.15, 0.2) is 22.6 Å². The smallest absolute Gasteiger partial charge is 0.221 e. The molecular weight excluding hydrogens is 283 g/mol. The van der Waals surface area contributed by atoms with E-state index in [1.807, 2.05) is 6.92 Å². The molecule has 1 aromatic heterocycles. The van der Waals surface area contributed by atoms with Crippen molar-refractivity contribution in [1.29, 1.82) is 0 Å². The van der Waals surface area contributed by atoms with Gasteiger partial charge in [0.15, 0.2) is 0 Å². The molecule has 0 bridgehead atoms. The zero-order valence-corrected chi connectivity index (χ0v) is 12.2. The summed E-state index contributed by atoms with van der Waals surface area (Å²) in [6.07, 6.45) is 0.272. The molecule has 0 saturated carbocycles. The van der Waals surface area contributed by atoms with E-state index in [1.165, 1.54) is 12.1 Å². The Balaban J connectivity index is 0.00000200. The van der Waals surface area contributed by atoms with Crippen LogP contribution in [0.4, 0.5) is 4.39 Å². The van der Waals surface area contributed by atoms with Gasteiger partial charge in [-0.25, -0.2) is 4.39 Å². The van der Waals surface area contributed by atoms with Crippen molar-refractivity contribution in [3.8, 4) is 0 Å². The van der Waals surface area contributed by atoms with E-state index in [-0.39, 0.29) is 43.1 Å². The molecule has 0 fully saturated rings. The summed E-state index contributed by atoms with van der Waals surface area (Å²) in [6, 6.07) is 4.20. The van der Waals surface area contributed by atoms with Gasteiger partial charge < -0.3 is 15.5 Å². The second-order valence-electron chi connectivity index (χ2n) is 4.75. The fourth-order valence-electron chi connectivity index (χ4n) is 1.96. The highest BCUT2D eigenvalue weighted by Gasteiger charge is 2.12. The molecule has 1 heterocycles. The van der Waals surface area contributed by atoms with Gasteiger partial charge in [-0.05, 0) is 32.0 Å². The standard InChI is InChI=1S/C14H17FN2O2.ClH/c1-8(16)5-14(18)17-7-13-9(2)11-6-10(15)3-4-12(11)19-13;/h3-4,6,8H,5,7,16H2,1-2H3,(H,17,18);1H. The minimum atomic E-state index is -0.302. The first-order chi connectivity index (χ1) is 8.97.